The second-order valence-electron chi connectivity index (χ2n) is 8.00. The average Bonchev–Trinajstić information content (AvgIpc) is 2.81. The van der Waals surface area contributed by atoms with Gasteiger partial charge in [0, 0.05) is 11.1 Å². The molecule has 4 rings (SSSR count). The van der Waals surface area contributed by atoms with Crippen LogP contribution in [-0.4, -0.2) is 0 Å². The summed E-state index contributed by atoms with van der Waals surface area (Å²) in [7, 11) is 0. The van der Waals surface area contributed by atoms with Crippen LogP contribution in [0.4, 0.5) is 39.5 Å². The Labute approximate surface area is 212 Å². The van der Waals surface area contributed by atoms with Crippen molar-refractivity contribution in [2.24, 2.45) is 0 Å². The average molecular weight is 567 g/mol. The van der Waals surface area contributed by atoms with Crippen LogP contribution >= 0.6 is 11.6 Å². The van der Waals surface area contributed by atoms with Crippen LogP contribution < -0.4 is 10.2 Å². The molecule has 0 aliphatic rings. The smallest absolute Gasteiger partial charge is 0.450 e. The van der Waals surface area contributed by atoms with Crippen LogP contribution in [-0.2, 0) is 25.1 Å². The van der Waals surface area contributed by atoms with Crippen LogP contribution in [0.1, 0.15) is 22.5 Å². The molecule has 3 nitrogen and oxygen atoms in total. The van der Waals surface area contributed by atoms with E-state index in [9.17, 15) is 44.3 Å². The number of hydrogen-bond acceptors (Lipinski definition) is 3. The van der Waals surface area contributed by atoms with E-state index in [4.69, 9.17) is 20.8 Å². The van der Waals surface area contributed by atoms with Gasteiger partial charge in [0.15, 0.2) is 0 Å². The fraction of sp³-hybridized carbons (Fsp3) is 0.160. The first kappa shape index (κ1) is 27.4. The maximum absolute atomic E-state index is 13.9. The Morgan fingerprint density at radius 1 is 0.737 bits per heavy atom. The molecule has 0 aliphatic carbocycles. The van der Waals surface area contributed by atoms with Gasteiger partial charge in [0.2, 0.25) is 11.2 Å². The number of ether oxygens (including phenoxy) is 1. The van der Waals surface area contributed by atoms with Crippen molar-refractivity contribution in [1.82, 2.24) is 0 Å². The third-order valence-electron chi connectivity index (χ3n) is 5.32. The summed E-state index contributed by atoms with van der Waals surface area (Å²) >= 11 is 5.79. The van der Waals surface area contributed by atoms with E-state index in [0.29, 0.717) is 10.6 Å². The fourth-order valence-electron chi connectivity index (χ4n) is 3.57. The predicted molar refractivity (Wildman–Crippen MR) is 119 cm³/mol. The molecule has 1 aromatic heterocycles. The summed E-state index contributed by atoms with van der Waals surface area (Å²) in [4.78, 5) is 13.1. The highest BCUT2D eigenvalue weighted by molar-refractivity contribution is 6.30. The molecule has 38 heavy (non-hydrogen) atoms. The zero-order valence-corrected chi connectivity index (χ0v) is 19.2. The van der Waals surface area contributed by atoms with E-state index in [-0.39, 0.29) is 30.6 Å². The second-order valence-corrected chi connectivity index (χ2v) is 8.44. The molecule has 0 saturated heterocycles. The number of fused-ring (bicyclic) bond motifs is 1. The zero-order valence-electron chi connectivity index (χ0n) is 18.5. The third-order valence-corrected chi connectivity index (χ3v) is 5.57. The van der Waals surface area contributed by atoms with Gasteiger partial charge in [-0.05, 0) is 53.6 Å². The fourth-order valence-corrected chi connectivity index (χ4v) is 3.70. The van der Waals surface area contributed by atoms with Crippen molar-refractivity contribution in [3.8, 4) is 16.9 Å². The highest BCUT2D eigenvalue weighted by Gasteiger charge is 2.42. The van der Waals surface area contributed by atoms with Crippen LogP contribution in [0.2, 0.25) is 5.02 Å². The second kappa shape index (κ2) is 9.57. The minimum Gasteiger partial charge on any atom is -0.489 e. The molecule has 0 N–H and O–H groups in total. The molecule has 0 fully saturated rings. The van der Waals surface area contributed by atoms with Gasteiger partial charge >= 0.3 is 18.5 Å². The molecule has 0 atom stereocenters. The van der Waals surface area contributed by atoms with E-state index >= 15 is 0 Å². The normalized spacial score (nSPS) is 12.7. The first-order valence-electron chi connectivity index (χ1n) is 10.4. The van der Waals surface area contributed by atoms with Crippen LogP contribution in [0, 0.1) is 0 Å². The highest BCUT2D eigenvalue weighted by Crippen LogP contribution is 2.42. The maximum atomic E-state index is 13.9. The van der Waals surface area contributed by atoms with Crippen molar-refractivity contribution in [2.45, 2.75) is 25.1 Å². The summed E-state index contributed by atoms with van der Waals surface area (Å²) in [6, 6.07) is 9.37. The Bertz CT molecular complexity index is 1520. The van der Waals surface area contributed by atoms with Gasteiger partial charge in [0.1, 0.15) is 17.9 Å². The minimum atomic E-state index is -5.45. The zero-order chi connectivity index (χ0) is 28.0. The van der Waals surface area contributed by atoms with Crippen LogP contribution in [0.15, 0.2) is 69.9 Å². The standard InChI is InChI=1S/C25H12ClF9O3/c26-16-3-1-12(2-4-16)11-37-17-5-6-18-19(10-17)38-22(25(33,34)35)20(21(18)36)13-7-14(23(27,28)29)9-15(8-13)24(30,31)32/h1-10H,11H2. The van der Waals surface area contributed by atoms with Gasteiger partial charge in [-0.15, -0.1) is 0 Å². The summed E-state index contributed by atoms with van der Waals surface area (Å²) < 4.78 is 132. The molecule has 0 saturated carbocycles. The Kier molecular flexibility index (Phi) is 6.89. The first-order valence-corrected chi connectivity index (χ1v) is 10.8. The molecule has 1 heterocycles. The van der Waals surface area contributed by atoms with Crippen LogP contribution in [0.3, 0.4) is 0 Å². The Morgan fingerprint density at radius 2 is 1.32 bits per heavy atom. The third kappa shape index (κ3) is 5.74. The van der Waals surface area contributed by atoms with Crippen molar-refractivity contribution >= 4 is 22.6 Å². The van der Waals surface area contributed by atoms with Gasteiger partial charge in [-0.25, -0.2) is 0 Å². The highest BCUT2D eigenvalue weighted by atomic mass is 35.5. The minimum absolute atomic E-state index is 0.0186. The van der Waals surface area contributed by atoms with Gasteiger partial charge in [-0.1, -0.05) is 23.7 Å². The molecular weight excluding hydrogens is 555 g/mol. The number of halogens is 10. The van der Waals surface area contributed by atoms with Gasteiger partial charge in [0.25, 0.3) is 0 Å². The Balaban J connectivity index is 1.88. The summed E-state index contributed by atoms with van der Waals surface area (Å²) in [5.41, 5.74) is -7.98. The van der Waals surface area contributed by atoms with Gasteiger partial charge < -0.3 is 9.15 Å². The lowest BCUT2D eigenvalue weighted by molar-refractivity contribution is -0.152. The molecule has 0 amide bonds. The summed E-state index contributed by atoms with van der Waals surface area (Å²) in [6.07, 6.45) is -16.1. The topological polar surface area (TPSA) is 39.4 Å². The molecule has 0 spiro atoms. The molecule has 0 bridgehead atoms. The predicted octanol–water partition coefficient (Wildman–Crippen LogP) is 8.75. The van der Waals surface area contributed by atoms with Crippen molar-refractivity contribution in [1.29, 1.82) is 0 Å². The van der Waals surface area contributed by atoms with Gasteiger partial charge in [-0.2, -0.15) is 39.5 Å². The van der Waals surface area contributed by atoms with E-state index in [1.807, 2.05) is 0 Å². The van der Waals surface area contributed by atoms with E-state index in [1.54, 1.807) is 24.3 Å². The van der Waals surface area contributed by atoms with Crippen LogP contribution in [0.25, 0.3) is 22.1 Å². The lowest BCUT2D eigenvalue weighted by atomic mass is 9.96. The van der Waals surface area contributed by atoms with E-state index in [0.717, 1.165) is 12.1 Å². The lowest BCUT2D eigenvalue weighted by Gasteiger charge is -2.17. The number of hydrogen-bond donors (Lipinski definition) is 0. The monoisotopic (exact) mass is 566 g/mol. The largest absolute Gasteiger partial charge is 0.489 e. The lowest BCUT2D eigenvalue weighted by Crippen LogP contribution is -2.17. The molecule has 0 aliphatic heterocycles. The number of rotatable bonds is 4. The molecule has 0 unspecified atom stereocenters. The van der Waals surface area contributed by atoms with Gasteiger partial charge in [0.05, 0.1) is 22.1 Å². The summed E-state index contributed by atoms with van der Waals surface area (Å²) in [6.45, 7) is -0.0401. The van der Waals surface area contributed by atoms with Crippen molar-refractivity contribution < 1.29 is 48.7 Å². The molecular formula is C25H12ClF9O3. The van der Waals surface area contributed by atoms with E-state index < -0.39 is 62.9 Å². The molecule has 0 radical (unpaired) electrons. The maximum Gasteiger partial charge on any atom is 0.450 e. The molecule has 200 valence electrons. The Hall–Kier alpha value is -3.67. The SMILES string of the molecule is O=c1c(-c2cc(C(F)(F)F)cc(C(F)(F)F)c2)c(C(F)(F)F)oc2cc(OCc3ccc(Cl)cc3)ccc12. The number of alkyl halides is 9. The quantitative estimate of drug-likeness (QED) is 0.232. The van der Waals surface area contributed by atoms with Crippen molar-refractivity contribution in [3.63, 3.8) is 0 Å². The van der Waals surface area contributed by atoms with Gasteiger partial charge in [-0.3, -0.25) is 4.79 Å². The summed E-state index contributed by atoms with van der Waals surface area (Å²) in [5.74, 6) is -2.08. The molecule has 3 aromatic carbocycles. The number of benzene rings is 3. The van der Waals surface area contributed by atoms with E-state index in [1.165, 1.54) is 6.07 Å². The van der Waals surface area contributed by atoms with E-state index in [2.05, 4.69) is 0 Å². The molecule has 13 heteroatoms. The summed E-state index contributed by atoms with van der Waals surface area (Å²) in [5, 5.41) is -0.0577. The molecule has 4 aromatic rings. The van der Waals surface area contributed by atoms with Crippen LogP contribution in [0.5, 0.6) is 5.75 Å². The van der Waals surface area contributed by atoms with Crippen molar-refractivity contribution in [3.05, 3.63) is 98.4 Å². The Morgan fingerprint density at radius 3 is 1.84 bits per heavy atom. The first-order chi connectivity index (χ1) is 17.5. The van der Waals surface area contributed by atoms with Crippen molar-refractivity contribution in [2.75, 3.05) is 0 Å².